The van der Waals surface area contributed by atoms with Crippen molar-refractivity contribution in [2.75, 3.05) is 26.7 Å². The van der Waals surface area contributed by atoms with Crippen LogP contribution in [-0.2, 0) is 21.3 Å². The number of halogens is 1. The highest BCUT2D eigenvalue weighted by atomic mass is 79.9. The Morgan fingerprint density at radius 3 is 2.95 bits per heavy atom. The van der Waals surface area contributed by atoms with Crippen molar-refractivity contribution in [3.63, 3.8) is 0 Å². The van der Waals surface area contributed by atoms with Crippen molar-refractivity contribution in [2.45, 2.75) is 37.3 Å². The molecule has 1 N–H and O–H groups in total. The number of sulfonamides is 1. The molecule has 0 spiro atoms. The van der Waals surface area contributed by atoms with Crippen LogP contribution in [0.3, 0.4) is 0 Å². The second-order valence-electron chi connectivity index (χ2n) is 5.05. The van der Waals surface area contributed by atoms with E-state index in [0.29, 0.717) is 21.8 Å². The maximum atomic E-state index is 12.7. The van der Waals surface area contributed by atoms with Gasteiger partial charge in [-0.15, -0.1) is 11.3 Å². The van der Waals surface area contributed by atoms with Crippen molar-refractivity contribution in [3.8, 4) is 0 Å². The maximum absolute atomic E-state index is 12.7. The Balaban J connectivity index is 2.12. The van der Waals surface area contributed by atoms with Crippen LogP contribution in [0.4, 0.5) is 0 Å². The van der Waals surface area contributed by atoms with Crippen molar-refractivity contribution in [1.82, 2.24) is 9.62 Å². The van der Waals surface area contributed by atoms with Crippen molar-refractivity contribution in [3.05, 3.63) is 14.7 Å². The first-order valence-corrected chi connectivity index (χ1v) is 10.1. The van der Waals surface area contributed by atoms with E-state index in [9.17, 15) is 8.42 Å². The van der Waals surface area contributed by atoms with E-state index in [-0.39, 0.29) is 6.10 Å². The zero-order chi connectivity index (χ0) is 15.5. The van der Waals surface area contributed by atoms with Crippen LogP contribution in [0.2, 0.25) is 0 Å². The molecule has 0 bridgehead atoms. The average Bonchev–Trinajstić information content (AvgIpc) is 3.06. The molecule has 1 atom stereocenters. The van der Waals surface area contributed by atoms with Crippen molar-refractivity contribution in [2.24, 2.45) is 0 Å². The van der Waals surface area contributed by atoms with Gasteiger partial charge in [-0.1, -0.05) is 6.92 Å². The minimum absolute atomic E-state index is 0.0171. The summed E-state index contributed by atoms with van der Waals surface area (Å²) >= 11 is 4.84. The molecular weight excluding hydrogens is 376 g/mol. The third-order valence-corrected chi connectivity index (χ3v) is 7.50. The van der Waals surface area contributed by atoms with E-state index in [0.717, 1.165) is 30.9 Å². The number of hydrogen-bond donors (Lipinski definition) is 1. The first kappa shape index (κ1) is 17.4. The topological polar surface area (TPSA) is 58.6 Å². The summed E-state index contributed by atoms with van der Waals surface area (Å²) in [6.07, 6.45) is 1.95. The molecule has 2 heterocycles. The number of ether oxygens (including phenoxy) is 1. The minimum atomic E-state index is -3.47. The number of nitrogens with one attached hydrogen (secondary N) is 1. The fraction of sp³-hybridized carbons (Fsp3) is 0.692. The Kier molecular flexibility index (Phi) is 6.22. The van der Waals surface area contributed by atoms with E-state index in [1.54, 1.807) is 13.1 Å². The van der Waals surface area contributed by atoms with Gasteiger partial charge in [0, 0.05) is 31.6 Å². The van der Waals surface area contributed by atoms with Gasteiger partial charge < -0.3 is 10.1 Å². The van der Waals surface area contributed by atoms with Gasteiger partial charge in [0.15, 0.2) is 0 Å². The number of likely N-dealkylation sites (N-methyl/N-ethyl adjacent to an activating group) is 1. The second-order valence-corrected chi connectivity index (χ2v) is 9.52. The molecule has 0 aromatic carbocycles. The summed E-state index contributed by atoms with van der Waals surface area (Å²) in [5, 5.41) is 3.21. The lowest BCUT2D eigenvalue weighted by Gasteiger charge is -2.20. The van der Waals surface area contributed by atoms with E-state index in [1.807, 2.05) is 6.92 Å². The third-order valence-electron chi connectivity index (χ3n) is 3.43. The lowest BCUT2D eigenvalue weighted by atomic mass is 10.2. The zero-order valence-corrected chi connectivity index (χ0v) is 15.5. The van der Waals surface area contributed by atoms with Gasteiger partial charge in [0.05, 0.1) is 9.89 Å². The first-order chi connectivity index (χ1) is 9.95. The summed E-state index contributed by atoms with van der Waals surface area (Å²) < 4.78 is 32.9. The van der Waals surface area contributed by atoms with Gasteiger partial charge in [-0.25, -0.2) is 8.42 Å². The fourth-order valence-corrected chi connectivity index (χ4v) is 6.05. The highest BCUT2D eigenvalue weighted by molar-refractivity contribution is 9.11. The first-order valence-electron chi connectivity index (χ1n) is 7.02. The van der Waals surface area contributed by atoms with Crippen LogP contribution >= 0.6 is 27.3 Å². The highest BCUT2D eigenvalue weighted by Crippen LogP contribution is 2.33. The van der Waals surface area contributed by atoms with Crippen LogP contribution in [0, 0.1) is 0 Å². The average molecular weight is 397 g/mol. The van der Waals surface area contributed by atoms with Crippen molar-refractivity contribution < 1.29 is 13.2 Å². The van der Waals surface area contributed by atoms with E-state index in [2.05, 4.69) is 21.2 Å². The van der Waals surface area contributed by atoms with Crippen LogP contribution in [0.1, 0.15) is 24.6 Å². The quantitative estimate of drug-likeness (QED) is 0.768. The molecule has 1 saturated heterocycles. The number of hydrogen-bond acceptors (Lipinski definition) is 5. The van der Waals surface area contributed by atoms with Gasteiger partial charge in [-0.2, -0.15) is 4.31 Å². The molecule has 1 aromatic heterocycles. The molecule has 0 aliphatic carbocycles. The van der Waals surface area contributed by atoms with Crippen LogP contribution in [0.15, 0.2) is 14.7 Å². The van der Waals surface area contributed by atoms with Gasteiger partial charge in [0.2, 0.25) is 10.0 Å². The van der Waals surface area contributed by atoms with Crippen LogP contribution in [0.25, 0.3) is 0 Å². The highest BCUT2D eigenvalue weighted by Gasteiger charge is 2.29. The van der Waals surface area contributed by atoms with Gasteiger partial charge >= 0.3 is 0 Å². The molecular formula is C13H21BrN2O3S2. The lowest BCUT2D eigenvalue weighted by molar-refractivity contribution is 0.0979. The molecule has 21 heavy (non-hydrogen) atoms. The SMILES string of the molecule is CCNCc1cc(S(=O)(=O)N(C)CC2CCCO2)c(Br)s1. The Morgan fingerprint density at radius 2 is 2.33 bits per heavy atom. The number of nitrogens with zero attached hydrogens (tertiary/aromatic N) is 1. The smallest absolute Gasteiger partial charge is 0.244 e. The van der Waals surface area contributed by atoms with Gasteiger partial charge in [0.25, 0.3) is 0 Å². The largest absolute Gasteiger partial charge is 0.377 e. The Morgan fingerprint density at radius 1 is 1.57 bits per heavy atom. The minimum Gasteiger partial charge on any atom is -0.377 e. The number of thiophene rings is 1. The zero-order valence-electron chi connectivity index (χ0n) is 12.3. The van der Waals surface area contributed by atoms with Crippen molar-refractivity contribution >= 4 is 37.3 Å². The standard InChI is InChI=1S/C13H21BrN2O3S2/c1-3-15-8-11-7-12(13(14)20-11)21(17,18)16(2)9-10-5-4-6-19-10/h7,10,15H,3-6,8-9H2,1-2H3. The monoisotopic (exact) mass is 396 g/mol. The van der Waals surface area contributed by atoms with Crippen molar-refractivity contribution in [1.29, 1.82) is 0 Å². The van der Waals surface area contributed by atoms with Crippen LogP contribution in [0.5, 0.6) is 0 Å². The predicted octanol–water partition coefficient (Wildman–Crippen LogP) is 2.42. The van der Waals surface area contributed by atoms with E-state index in [1.165, 1.54) is 15.6 Å². The summed E-state index contributed by atoms with van der Waals surface area (Å²) in [6.45, 7) is 4.71. The molecule has 120 valence electrons. The number of rotatable bonds is 7. The predicted molar refractivity (Wildman–Crippen MR) is 88.2 cm³/mol. The molecule has 1 fully saturated rings. The van der Waals surface area contributed by atoms with Gasteiger partial charge in [-0.3, -0.25) is 0 Å². The summed E-state index contributed by atoms with van der Waals surface area (Å²) in [5.41, 5.74) is 0. The molecule has 2 rings (SSSR count). The van der Waals surface area contributed by atoms with Gasteiger partial charge in [-0.05, 0) is 41.4 Å². The Bertz CT molecular complexity index is 568. The molecule has 0 radical (unpaired) electrons. The van der Waals surface area contributed by atoms with E-state index >= 15 is 0 Å². The molecule has 1 aliphatic heterocycles. The second kappa shape index (κ2) is 7.52. The molecule has 5 nitrogen and oxygen atoms in total. The van der Waals surface area contributed by atoms with Crippen LogP contribution in [-0.4, -0.2) is 45.6 Å². The summed E-state index contributed by atoms with van der Waals surface area (Å²) in [6, 6.07) is 1.75. The molecule has 1 aromatic rings. The van der Waals surface area contributed by atoms with Crippen LogP contribution < -0.4 is 5.32 Å². The summed E-state index contributed by atoms with van der Waals surface area (Å²) in [4.78, 5) is 1.36. The normalized spacial score (nSPS) is 19.5. The molecule has 8 heteroatoms. The Hall–Kier alpha value is 0.01000. The summed E-state index contributed by atoms with van der Waals surface area (Å²) in [7, 11) is -1.86. The molecule has 0 saturated carbocycles. The third kappa shape index (κ3) is 4.27. The molecule has 1 unspecified atom stereocenters. The van der Waals surface area contributed by atoms with E-state index < -0.39 is 10.0 Å². The molecule has 0 amide bonds. The molecule has 1 aliphatic rings. The maximum Gasteiger partial charge on any atom is 0.244 e. The van der Waals surface area contributed by atoms with Gasteiger partial charge in [0.1, 0.15) is 4.90 Å². The van der Waals surface area contributed by atoms with E-state index in [4.69, 9.17) is 4.74 Å². The Labute approximate surface area is 138 Å². The summed E-state index contributed by atoms with van der Waals surface area (Å²) in [5.74, 6) is 0. The fourth-order valence-electron chi connectivity index (χ4n) is 2.25. The lowest BCUT2D eigenvalue weighted by Crippen LogP contribution is -2.34.